The van der Waals surface area contributed by atoms with Gasteiger partial charge in [-0.15, -0.1) is 0 Å². The number of amides is 1. The van der Waals surface area contributed by atoms with E-state index < -0.39 is 5.97 Å². The summed E-state index contributed by atoms with van der Waals surface area (Å²) in [5, 5.41) is 0. The first-order valence-electron chi connectivity index (χ1n) is 12.4. The third-order valence-electron chi connectivity index (χ3n) is 7.19. The molecule has 0 aromatic heterocycles. The van der Waals surface area contributed by atoms with Crippen molar-refractivity contribution in [3.8, 4) is 17.2 Å². The monoisotopic (exact) mass is 481 g/mol. The smallest absolute Gasteiger partial charge is 0.337 e. The zero-order valence-corrected chi connectivity index (χ0v) is 20.9. The highest BCUT2D eigenvalue weighted by Gasteiger charge is 2.34. The highest BCUT2D eigenvalue weighted by molar-refractivity contribution is 5.89. The van der Waals surface area contributed by atoms with Gasteiger partial charge in [-0.2, -0.15) is 0 Å². The summed E-state index contributed by atoms with van der Waals surface area (Å²) in [4.78, 5) is 27.2. The minimum atomic E-state index is -0.390. The van der Waals surface area contributed by atoms with Crippen LogP contribution in [0.25, 0.3) is 0 Å². The molecule has 1 saturated carbocycles. The number of methoxy groups -OCH3 is 3. The van der Waals surface area contributed by atoms with Crippen molar-refractivity contribution in [1.82, 2.24) is 4.90 Å². The van der Waals surface area contributed by atoms with Crippen molar-refractivity contribution in [3.05, 3.63) is 53.1 Å². The van der Waals surface area contributed by atoms with Gasteiger partial charge in [0, 0.05) is 13.0 Å². The molecule has 1 aliphatic carbocycles. The van der Waals surface area contributed by atoms with E-state index in [1.807, 2.05) is 17.0 Å². The molecule has 0 bridgehead atoms. The summed E-state index contributed by atoms with van der Waals surface area (Å²) in [6.45, 7) is 0.944. The number of rotatable bonds is 8. The van der Waals surface area contributed by atoms with E-state index in [0.717, 1.165) is 30.4 Å². The van der Waals surface area contributed by atoms with E-state index in [4.69, 9.17) is 18.9 Å². The van der Waals surface area contributed by atoms with Gasteiger partial charge in [0.2, 0.25) is 5.91 Å². The summed E-state index contributed by atoms with van der Waals surface area (Å²) in [5.41, 5.74) is 2.63. The zero-order chi connectivity index (χ0) is 24.8. The van der Waals surface area contributed by atoms with Gasteiger partial charge in [-0.25, -0.2) is 4.79 Å². The van der Waals surface area contributed by atoms with Crippen LogP contribution in [0.2, 0.25) is 0 Å². The molecule has 0 radical (unpaired) electrons. The maximum absolute atomic E-state index is 13.5. The molecule has 7 nitrogen and oxygen atoms in total. The van der Waals surface area contributed by atoms with Crippen LogP contribution in [-0.4, -0.2) is 51.3 Å². The third kappa shape index (κ3) is 5.72. The average molecular weight is 482 g/mol. The fourth-order valence-electron chi connectivity index (χ4n) is 5.24. The molecule has 1 amide bonds. The second-order valence-corrected chi connectivity index (χ2v) is 9.29. The van der Waals surface area contributed by atoms with Crippen LogP contribution in [0, 0.1) is 5.92 Å². The van der Waals surface area contributed by atoms with Crippen LogP contribution in [0.5, 0.6) is 17.2 Å². The van der Waals surface area contributed by atoms with E-state index in [2.05, 4.69) is 0 Å². The van der Waals surface area contributed by atoms with E-state index in [1.54, 1.807) is 38.5 Å². The maximum Gasteiger partial charge on any atom is 0.337 e. The van der Waals surface area contributed by atoms with Gasteiger partial charge in [-0.3, -0.25) is 4.79 Å². The van der Waals surface area contributed by atoms with Gasteiger partial charge in [0.05, 0.1) is 32.9 Å². The van der Waals surface area contributed by atoms with Crippen LogP contribution in [0.4, 0.5) is 0 Å². The molecule has 1 aliphatic heterocycles. The van der Waals surface area contributed by atoms with Crippen LogP contribution in [0.1, 0.15) is 66.1 Å². The van der Waals surface area contributed by atoms with E-state index >= 15 is 0 Å². The number of carbonyl (C=O) groups is 2. The molecule has 2 aromatic carbocycles. The molecule has 0 saturated heterocycles. The minimum absolute atomic E-state index is 0.187. The lowest BCUT2D eigenvalue weighted by atomic mass is 9.85. The molecule has 1 atom stereocenters. The predicted octanol–water partition coefficient (Wildman–Crippen LogP) is 4.97. The number of nitrogens with zero attached hydrogens (tertiary/aromatic N) is 1. The standard InChI is InChI=1S/C28H35NO6/c1-32-25-16-21-13-14-29(27(30)15-19-7-5-4-6-8-19)24(23(21)17-26(25)33-2)18-35-22-11-9-20(10-12-22)28(31)34-3/h9-12,16-17,19,24H,4-8,13-15,18H2,1-3H3. The number of hydrogen-bond donors (Lipinski definition) is 0. The lowest BCUT2D eigenvalue weighted by Crippen LogP contribution is -2.43. The van der Waals surface area contributed by atoms with E-state index in [0.29, 0.717) is 48.3 Å². The average Bonchev–Trinajstić information content (AvgIpc) is 2.91. The molecule has 188 valence electrons. The Kier molecular flexibility index (Phi) is 8.16. The number of ether oxygens (including phenoxy) is 4. The number of benzene rings is 2. The Hall–Kier alpha value is -3.22. The molecular formula is C28H35NO6. The van der Waals surface area contributed by atoms with Gasteiger partial charge in [-0.05, 0) is 72.7 Å². The molecule has 1 fully saturated rings. The van der Waals surface area contributed by atoms with Crippen LogP contribution >= 0.6 is 0 Å². The van der Waals surface area contributed by atoms with Gasteiger partial charge in [0.1, 0.15) is 12.4 Å². The molecule has 4 rings (SSSR count). The molecule has 7 heteroatoms. The molecule has 35 heavy (non-hydrogen) atoms. The summed E-state index contributed by atoms with van der Waals surface area (Å²) in [7, 11) is 4.61. The molecule has 0 N–H and O–H groups in total. The first kappa shape index (κ1) is 24.9. The van der Waals surface area contributed by atoms with E-state index in [-0.39, 0.29) is 11.9 Å². The Labute approximate surface area is 207 Å². The molecule has 2 aliphatic rings. The van der Waals surface area contributed by atoms with Gasteiger partial charge in [0.15, 0.2) is 11.5 Å². The number of fused-ring (bicyclic) bond motifs is 1. The normalized spacial score (nSPS) is 17.9. The summed E-state index contributed by atoms with van der Waals surface area (Å²) in [6.07, 6.45) is 7.32. The summed E-state index contributed by atoms with van der Waals surface area (Å²) >= 11 is 0. The lowest BCUT2D eigenvalue weighted by Gasteiger charge is -2.38. The second-order valence-electron chi connectivity index (χ2n) is 9.29. The zero-order valence-electron chi connectivity index (χ0n) is 20.9. The van der Waals surface area contributed by atoms with Crippen molar-refractivity contribution in [3.63, 3.8) is 0 Å². The van der Waals surface area contributed by atoms with Crippen molar-refractivity contribution < 1.29 is 28.5 Å². The van der Waals surface area contributed by atoms with Crippen molar-refractivity contribution in [2.24, 2.45) is 5.92 Å². The fraction of sp³-hybridized carbons (Fsp3) is 0.500. The summed E-state index contributed by atoms with van der Waals surface area (Å²) in [5.74, 6) is 2.22. The number of hydrogen-bond acceptors (Lipinski definition) is 6. The van der Waals surface area contributed by atoms with Crippen LogP contribution in [0.3, 0.4) is 0 Å². The summed E-state index contributed by atoms with van der Waals surface area (Å²) < 4.78 is 22.0. The van der Waals surface area contributed by atoms with Crippen LogP contribution in [0.15, 0.2) is 36.4 Å². The molecule has 1 unspecified atom stereocenters. The van der Waals surface area contributed by atoms with Crippen molar-refractivity contribution in [2.75, 3.05) is 34.5 Å². The first-order chi connectivity index (χ1) is 17.0. The highest BCUT2D eigenvalue weighted by atomic mass is 16.5. The first-order valence-corrected chi connectivity index (χ1v) is 12.4. The van der Waals surface area contributed by atoms with Gasteiger partial charge in [-0.1, -0.05) is 19.3 Å². The van der Waals surface area contributed by atoms with Crippen LogP contribution < -0.4 is 14.2 Å². The Bertz CT molecular complexity index is 1030. The Morgan fingerprint density at radius 1 is 0.943 bits per heavy atom. The largest absolute Gasteiger partial charge is 0.493 e. The Morgan fingerprint density at radius 3 is 2.29 bits per heavy atom. The molecular weight excluding hydrogens is 446 g/mol. The SMILES string of the molecule is COC(=O)c1ccc(OCC2c3cc(OC)c(OC)cc3CCN2C(=O)CC2CCCCC2)cc1. The van der Waals surface area contributed by atoms with Gasteiger partial charge >= 0.3 is 5.97 Å². The van der Waals surface area contributed by atoms with Crippen molar-refractivity contribution in [2.45, 2.75) is 51.0 Å². The van der Waals surface area contributed by atoms with E-state index in [9.17, 15) is 9.59 Å². The summed E-state index contributed by atoms with van der Waals surface area (Å²) in [6, 6.07) is 10.6. The lowest BCUT2D eigenvalue weighted by molar-refractivity contribution is -0.136. The van der Waals surface area contributed by atoms with Gasteiger partial charge < -0.3 is 23.8 Å². The third-order valence-corrected chi connectivity index (χ3v) is 7.19. The number of carbonyl (C=O) groups excluding carboxylic acids is 2. The Balaban J connectivity index is 1.57. The second kappa shape index (κ2) is 11.5. The van der Waals surface area contributed by atoms with E-state index in [1.165, 1.54) is 26.4 Å². The highest BCUT2D eigenvalue weighted by Crippen LogP contribution is 2.39. The Morgan fingerprint density at radius 2 is 1.63 bits per heavy atom. The molecule has 1 heterocycles. The molecule has 2 aromatic rings. The van der Waals surface area contributed by atoms with Crippen molar-refractivity contribution >= 4 is 11.9 Å². The quantitative estimate of drug-likeness (QED) is 0.496. The van der Waals surface area contributed by atoms with Crippen LogP contribution in [-0.2, 0) is 16.0 Å². The minimum Gasteiger partial charge on any atom is -0.493 e. The van der Waals surface area contributed by atoms with Gasteiger partial charge in [0.25, 0.3) is 0 Å². The predicted molar refractivity (Wildman–Crippen MR) is 132 cm³/mol. The van der Waals surface area contributed by atoms with Crippen molar-refractivity contribution in [1.29, 1.82) is 0 Å². The fourth-order valence-corrected chi connectivity index (χ4v) is 5.24. The number of esters is 1. The maximum atomic E-state index is 13.5. The topological polar surface area (TPSA) is 74.3 Å². The molecule has 0 spiro atoms.